The lowest BCUT2D eigenvalue weighted by atomic mass is 9.68. The van der Waals surface area contributed by atoms with Crippen LogP contribution in [0.25, 0.3) is 0 Å². The molecule has 0 unspecified atom stereocenters. The van der Waals surface area contributed by atoms with Crippen LogP contribution >= 0.6 is 0 Å². The van der Waals surface area contributed by atoms with Gasteiger partial charge < -0.3 is 8.83 Å². The third-order valence-corrected chi connectivity index (χ3v) is 4.67. The molecule has 3 rings (SSSR count). The summed E-state index contributed by atoms with van der Waals surface area (Å²) >= 11 is 0. The first-order valence-electron chi connectivity index (χ1n) is 7.44. The van der Waals surface area contributed by atoms with Crippen molar-refractivity contribution in [1.29, 1.82) is 0 Å². The lowest BCUT2D eigenvalue weighted by Gasteiger charge is -2.42. The highest BCUT2D eigenvalue weighted by molar-refractivity contribution is 5.18. The molecule has 0 aliphatic carbocycles. The topological polar surface area (TPSA) is 125 Å². The summed E-state index contributed by atoms with van der Waals surface area (Å²) in [5, 5.41) is 26.4. The highest BCUT2D eigenvalue weighted by Crippen LogP contribution is 2.46. The van der Waals surface area contributed by atoms with Crippen molar-refractivity contribution >= 4 is 0 Å². The zero-order valence-electron chi connectivity index (χ0n) is 13.1. The zero-order valence-corrected chi connectivity index (χ0v) is 13.1. The largest absolute Gasteiger partial charge is 0.467 e. The Morgan fingerprint density at radius 3 is 1.67 bits per heavy atom. The maximum atomic E-state index is 11.7. The van der Waals surface area contributed by atoms with Crippen LogP contribution in [0.1, 0.15) is 37.5 Å². The fourth-order valence-corrected chi connectivity index (χ4v) is 3.61. The van der Waals surface area contributed by atoms with Crippen molar-refractivity contribution in [2.75, 3.05) is 0 Å². The van der Waals surface area contributed by atoms with Gasteiger partial charge in [0.2, 0.25) is 12.1 Å². The van der Waals surface area contributed by atoms with Gasteiger partial charge in [-0.3, -0.25) is 25.5 Å². The summed E-state index contributed by atoms with van der Waals surface area (Å²) in [6.45, 7) is 3.08. The molecular weight excluding hydrogens is 318 g/mol. The van der Waals surface area contributed by atoms with Gasteiger partial charge in [-0.15, -0.1) is 0 Å². The smallest absolute Gasteiger partial charge is 0.247 e. The van der Waals surface area contributed by atoms with E-state index in [2.05, 4.69) is 5.32 Å². The first-order valence-corrected chi connectivity index (χ1v) is 7.44. The van der Waals surface area contributed by atoms with Gasteiger partial charge in [0, 0.05) is 9.85 Å². The molecule has 128 valence electrons. The predicted molar refractivity (Wildman–Crippen MR) is 81.4 cm³/mol. The monoisotopic (exact) mass is 335 g/mol. The van der Waals surface area contributed by atoms with Crippen molar-refractivity contribution in [2.24, 2.45) is 5.41 Å². The van der Waals surface area contributed by atoms with Gasteiger partial charge in [0.15, 0.2) is 0 Å². The molecule has 2 aromatic rings. The number of rotatable bonds is 4. The van der Waals surface area contributed by atoms with E-state index in [4.69, 9.17) is 8.83 Å². The molecule has 4 atom stereocenters. The predicted octanol–water partition coefficient (Wildman–Crippen LogP) is 2.58. The Kier molecular flexibility index (Phi) is 3.88. The van der Waals surface area contributed by atoms with Crippen molar-refractivity contribution in [1.82, 2.24) is 5.32 Å². The first kappa shape index (κ1) is 16.2. The minimum atomic E-state index is -1.24. The summed E-state index contributed by atoms with van der Waals surface area (Å²) in [5.74, 6) is 0.728. The van der Waals surface area contributed by atoms with E-state index in [1.807, 2.05) is 0 Å². The van der Waals surface area contributed by atoms with E-state index in [0.29, 0.717) is 11.5 Å². The maximum Gasteiger partial charge on any atom is 0.247 e. The van der Waals surface area contributed by atoms with Crippen LogP contribution in [0.5, 0.6) is 0 Å². The number of hydrogen-bond donors (Lipinski definition) is 1. The van der Waals surface area contributed by atoms with Crippen LogP contribution in [0.15, 0.2) is 45.6 Å². The molecule has 2 aromatic heterocycles. The van der Waals surface area contributed by atoms with Gasteiger partial charge in [-0.2, -0.15) is 0 Å². The molecule has 0 spiro atoms. The number of nitro groups is 2. The average molecular weight is 335 g/mol. The lowest BCUT2D eigenvalue weighted by molar-refractivity contribution is -0.605. The SMILES string of the molecule is CC1(C)[C@H]([N+](=O)[O-])[C@@H](c2ccco2)N[C@@H](c2ccco2)[C@H]1[N+](=O)[O-]. The van der Waals surface area contributed by atoms with E-state index in [0.717, 1.165) is 0 Å². The average Bonchev–Trinajstić information content (AvgIpc) is 3.17. The van der Waals surface area contributed by atoms with Crippen LogP contribution in [0, 0.1) is 25.6 Å². The van der Waals surface area contributed by atoms with Crippen LogP contribution in [-0.2, 0) is 0 Å². The summed E-state index contributed by atoms with van der Waals surface area (Å²) < 4.78 is 10.7. The van der Waals surface area contributed by atoms with Gasteiger partial charge in [-0.25, -0.2) is 0 Å². The van der Waals surface area contributed by atoms with E-state index >= 15 is 0 Å². The zero-order chi connectivity index (χ0) is 17.5. The van der Waals surface area contributed by atoms with Crippen LogP contribution in [0.2, 0.25) is 0 Å². The fraction of sp³-hybridized carbons (Fsp3) is 0.467. The molecule has 0 aromatic carbocycles. The normalized spacial score (nSPS) is 29.2. The molecule has 1 aliphatic heterocycles. The minimum Gasteiger partial charge on any atom is -0.467 e. The molecule has 1 fully saturated rings. The van der Waals surface area contributed by atoms with Crippen LogP contribution in [0.3, 0.4) is 0 Å². The molecule has 0 radical (unpaired) electrons. The molecule has 9 nitrogen and oxygen atoms in total. The van der Waals surface area contributed by atoms with Crippen molar-refractivity contribution in [3.8, 4) is 0 Å². The minimum absolute atomic E-state index is 0.364. The van der Waals surface area contributed by atoms with Crippen molar-refractivity contribution in [2.45, 2.75) is 38.0 Å². The van der Waals surface area contributed by atoms with Gasteiger partial charge in [0.25, 0.3) is 0 Å². The molecule has 24 heavy (non-hydrogen) atoms. The van der Waals surface area contributed by atoms with E-state index in [1.54, 1.807) is 38.1 Å². The summed E-state index contributed by atoms with van der Waals surface area (Å²) in [4.78, 5) is 22.5. The molecular formula is C15H17N3O6. The number of piperidine rings is 1. The Balaban J connectivity index is 2.12. The second-order valence-electron chi connectivity index (χ2n) is 6.43. The highest BCUT2D eigenvalue weighted by atomic mass is 16.6. The van der Waals surface area contributed by atoms with E-state index < -0.39 is 39.4 Å². The molecule has 0 amide bonds. The van der Waals surface area contributed by atoms with E-state index in [1.165, 1.54) is 12.5 Å². The van der Waals surface area contributed by atoms with Gasteiger partial charge in [0.1, 0.15) is 29.0 Å². The summed E-state index contributed by atoms with van der Waals surface area (Å²) in [6.07, 6.45) is 2.84. The maximum absolute atomic E-state index is 11.7. The number of nitrogens with zero attached hydrogens (tertiary/aromatic N) is 2. The summed E-state index contributed by atoms with van der Waals surface area (Å²) in [6, 6.07) is 2.42. The Bertz CT molecular complexity index is 664. The number of nitrogens with one attached hydrogen (secondary N) is 1. The molecule has 0 saturated carbocycles. The van der Waals surface area contributed by atoms with Gasteiger partial charge in [-0.05, 0) is 38.1 Å². The Hall–Kier alpha value is -2.68. The highest BCUT2D eigenvalue weighted by Gasteiger charge is 2.64. The van der Waals surface area contributed by atoms with Crippen LogP contribution in [-0.4, -0.2) is 21.9 Å². The first-order chi connectivity index (χ1) is 11.3. The Morgan fingerprint density at radius 2 is 1.38 bits per heavy atom. The molecule has 3 heterocycles. The van der Waals surface area contributed by atoms with Crippen LogP contribution < -0.4 is 5.32 Å². The molecule has 1 aliphatic rings. The fourth-order valence-electron chi connectivity index (χ4n) is 3.61. The number of furan rings is 2. The second-order valence-corrected chi connectivity index (χ2v) is 6.43. The van der Waals surface area contributed by atoms with Crippen molar-refractivity contribution < 1.29 is 18.7 Å². The molecule has 0 bridgehead atoms. The Labute approximate surface area is 136 Å². The summed E-state index contributed by atoms with van der Waals surface area (Å²) in [5.41, 5.74) is -1.24. The standard InChI is InChI=1S/C15H17N3O6/c1-15(2)13(17(19)20)11(9-5-3-7-23-9)16-12(14(15)18(21)22)10-6-4-8-24-10/h3-8,11-14,16H,1-2H3/t11-,12+,13-,14-/m1/s1. The van der Waals surface area contributed by atoms with E-state index in [-0.39, 0.29) is 0 Å². The third-order valence-electron chi connectivity index (χ3n) is 4.67. The van der Waals surface area contributed by atoms with Gasteiger partial charge in [0.05, 0.1) is 12.5 Å². The van der Waals surface area contributed by atoms with Gasteiger partial charge >= 0.3 is 0 Å². The molecule has 1 saturated heterocycles. The van der Waals surface area contributed by atoms with Crippen molar-refractivity contribution in [3.05, 3.63) is 68.5 Å². The third kappa shape index (κ3) is 2.46. The number of hydrogen-bond acceptors (Lipinski definition) is 7. The van der Waals surface area contributed by atoms with Crippen molar-refractivity contribution in [3.63, 3.8) is 0 Å². The Morgan fingerprint density at radius 1 is 0.958 bits per heavy atom. The quantitative estimate of drug-likeness (QED) is 0.672. The molecule has 9 heteroatoms. The molecule has 1 N–H and O–H groups in total. The van der Waals surface area contributed by atoms with Gasteiger partial charge in [-0.1, -0.05) is 0 Å². The second kappa shape index (κ2) is 5.75. The van der Waals surface area contributed by atoms with Crippen LogP contribution in [0.4, 0.5) is 0 Å². The lowest BCUT2D eigenvalue weighted by Crippen LogP contribution is -2.63. The van der Waals surface area contributed by atoms with E-state index in [9.17, 15) is 20.2 Å². The summed E-state index contributed by atoms with van der Waals surface area (Å²) in [7, 11) is 0.